The molecule has 2 aliphatic rings. The van der Waals surface area contributed by atoms with Gasteiger partial charge in [0.25, 0.3) is 0 Å². The molecule has 1 aromatic heterocycles. The minimum Gasteiger partial charge on any atom is -0.402 e. The SMILES string of the molecule is C=Nc1c(F)cc(C(=N/CNc2ccc(CN3CCC4(CCNCC4)CC3)cn2)/C(F)=C\N)cc1CCCNC. The van der Waals surface area contributed by atoms with Crippen molar-refractivity contribution in [1.29, 1.82) is 0 Å². The summed E-state index contributed by atoms with van der Waals surface area (Å²) in [6.45, 7) is 9.71. The van der Waals surface area contributed by atoms with E-state index in [0.29, 0.717) is 28.8 Å². The van der Waals surface area contributed by atoms with Crippen molar-refractivity contribution in [2.75, 3.05) is 51.8 Å². The molecule has 2 aliphatic heterocycles. The van der Waals surface area contributed by atoms with Crippen molar-refractivity contribution >= 4 is 23.9 Å². The molecule has 0 bridgehead atoms. The second-order valence-corrected chi connectivity index (χ2v) is 10.8. The molecule has 0 unspecified atom stereocenters. The Kier molecular flexibility index (Phi) is 10.7. The van der Waals surface area contributed by atoms with E-state index in [1.165, 1.54) is 31.7 Å². The number of halogens is 2. The van der Waals surface area contributed by atoms with Gasteiger partial charge in [0, 0.05) is 24.5 Å². The average molecular weight is 553 g/mol. The van der Waals surface area contributed by atoms with E-state index < -0.39 is 11.6 Å². The molecule has 10 heteroatoms. The molecule has 0 aliphatic carbocycles. The van der Waals surface area contributed by atoms with E-state index in [4.69, 9.17) is 5.73 Å². The van der Waals surface area contributed by atoms with Crippen LogP contribution in [0.5, 0.6) is 0 Å². The second-order valence-electron chi connectivity index (χ2n) is 10.8. The van der Waals surface area contributed by atoms with E-state index in [2.05, 4.69) is 48.6 Å². The molecule has 2 saturated heterocycles. The van der Waals surface area contributed by atoms with Gasteiger partial charge in [-0.3, -0.25) is 14.9 Å². The molecule has 5 N–H and O–H groups in total. The number of hydrogen-bond donors (Lipinski definition) is 4. The summed E-state index contributed by atoms with van der Waals surface area (Å²) in [5.74, 6) is -0.687. The number of likely N-dealkylation sites (tertiary alicyclic amines) is 1. The normalized spacial score (nSPS) is 18.2. The monoisotopic (exact) mass is 552 g/mol. The highest BCUT2D eigenvalue weighted by Gasteiger charge is 2.35. The quantitative estimate of drug-likeness (QED) is 0.231. The number of allylic oxidation sites excluding steroid dienone is 1. The van der Waals surface area contributed by atoms with E-state index in [-0.39, 0.29) is 18.1 Å². The van der Waals surface area contributed by atoms with Gasteiger partial charge < -0.3 is 21.7 Å². The van der Waals surface area contributed by atoms with E-state index >= 15 is 0 Å². The highest BCUT2D eigenvalue weighted by Crippen LogP contribution is 2.39. The molecule has 1 spiro atoms. The number of aromatic nitrogens is 1. The van der Waals surface area contributed by atoms with Gasteiger partial charge in [0.1, 0.15) is 29.7 Å². The van der Waals surface area contributed by atoms with Gasteiger partial charge >= 0.3 is 0 Å². The minimum atomic E-state index is -0.738. The number of nitrogens with zero attached hydrogens (tertiary/aromatic N) is 4. The lowest BCUT2D eigenvalue weighted by Crippen LogP contribution is -2.45. The third kappa shape index (κ3) is 7.71. The van der Waals surface area contributed by atoms with Gasteiger partial charge in [0.15, 0.2) is 5.83 Å². The van der Waals surface area contributed by atoms with Gasteiger partial charge in [-0.25, -0.2) is 13.8 Å². The zero-order chi connectivity index (χ0) is 28.4. The van der Waals surface area contributed by atoms with E-state index in [0.717, 1.165) is 57.5 Å². The summed E-state index contributed by atoms with van der Waals surface area (Å²) in [5, 5.41) is 9.65. The second kappa shape index (κ2) is 14.4. The smallest absolute Gasteiger partial charge is 0.164 e. The van der Waals surface area contributed by atoms with Crippen molar-refractivity contribution in [3.05, 3.63) is 65.0 Å². The van der Waals surface area contributed by atoms with Gasteiger partial charge in [-0.15, -0.1) is 0 Å². The van der Waals surface area contributed by atoms with Crippen LogP contribution in [0.25, 0.3) is 0 Å². The van der Waals surface area contributed by atoms with Crippen LogP contribution in [0, 0.1) is 11.2 Å². The van der Waals surface area contributed by atoms with Crippen LogP contribution >= 0.6 is 0 Å². The Bertz CT molecular complexity index is 1180. The number of benzene rings is 1. The van der Waals surface area contributed by atoms with Crippen LogP contribution in [0.1, 0.15) is 48.8 Å². The van der Waals surface area contributed by atoms with Crippen LogP contribution < -0.4 is 21.7 Å². The van der Waals surface area contributed by atoms with Crippen molar-refractivity contribution in [2.24, 2.45) is 21.1 Å². The predicted molar refractivity (Wildman–Crippen MR) is 160 cm³/mol. The molecule has 2 fully saturated rings. The maximum atomic E-state index is 14.8. The third-order valence-corrected chi connectivity index (χ3v) is 8.13. The molecule has 8 nitrogen and oxygen atoms in total. The van der Waals surface area contributed by atoms with E-state index in [9.17, 15) is 8.78 Å². The first-order chi connectivity index (χ1) is 19.5. The number of rotatable bonds is 12. The minimum absolute atomic E-state index is 0.0346. The summed E-state index contributed by atoms with van der Waals surface area (Å²) >= 11 is 0. The van der Waals surface area contributed by atoms with Crippen molar-refractivity contribution in [2.45, 2.75) is 45.1 Å². The molecule has 0 radical (unpaired) electrons. The van der Waals surface area contributed by atoms with Crippen LogP contribution in [0.3, 0.4) is 0 Å². The van der Waals surface area contributed by atoms with Gasteiger partial charge in [0.05, 0.1) is 0 Å². The zero-order valence-corrected chi connectivity index (χ0v) is 23.5. The summed E-state index contributed by atoms with van der Waals surface area (Å²) in [7, 11) is 1.85. The molecule has 2 aromatic rings. The molecule has 0 atom stereocenters. The number of anilines is 1. The molecule has 0 saturated carbocycles. The molecule has 3 heterocycles. The van der Waals surface area contributed by atoms with Crippen LogP contribution in [0.15, 0.2) is 52.5 Å². The zero-order valence-electron chi connectivity index (χ0n) is 23.5. The number of nitrogens with one attached hydrogen (secondary N) is 3. The Morgan fingerprint density at radius 1 is 1.23 bits per heavy atom. The van der Waals surface area contributed by atoms with Crippen molar-refractivity contribution < 1.29 is 8.78 Å². The summed E-state index contributed by atoms with van der Waals surface area (Å²) in [5.41, 5.74) is 8.24. The van der Waals surface area contributed by atoms with E-state index in [1.807, 2.05) is 19.3 Å². The standard InChI is InChI=1S/C30H42F2N8/c1-34-11-3-4-23-16-24(17-25(31)28(23)35-2)29(26(32)18-33)39-21-38-27-6-5-22(19-37-27)20-40-14-9-30(10-15-40)7-12-36-13-8-30/h5-6,16-19,34,36H,2-4,7-15,20-21,33H2,1H3,(H,37,38)/b26-18+,39-29-. The lowest BCUT2D eigenvalue weighted by molar-refractivity contribution is 0.0701. The van der Waals surface area contributed by atoms with Crippen molar-refractivity contribution in [3.8, 4) is 0 Å². The Labute approximate surface area is 236 Å². The number of aliphatic imine (C=N–C) groups is 2. The average Bonchev–Trinajstić information content (AvgIpc) is 2.97. The molecule has 40 heavy (non-hydrogen) atoms. The number of aryl methyl sites for hydroxylation is 1. The summed E-state index contributed by atoms with van der Waals surface area (Å²) in [6, 6.07) is 6.88. The number of hydrogen-bond acceptors (Lipinski definition) is 8. The first kappa shape index (κ1) is 29.8. The van der Waals surface area contributed by atoms with Crippen molar-refractivity contribution in [1.82, 2.24) is 20.5 Å². The predicted octanol–water partition coefficient (Wildman–Crippen LogP) is 4.30. The first-order valence-electron chi connectivity index (χ1n) is 14.1. The maximum absolute atomic E-state index is 14.8. The number of piperidine rings is 2. The van der Waals surface area contributed by atoms with Gasteiger partial charge in [-0.2, -0.15) is 0 Å². The van der Waals surface area contributed by atoms with Crippen LogP contribution in [0.4, 0.5) is 20.3 Å². The van der Waals surface area contributed by atoms with Crippen LogP contribution in [-0.2, 0) is 13.0 Å². The third-order valence-electron chi connectivity index (χ3n) is 8.13. The highest BCUT2D eigenvalue weighted by atomic mass is 19.1. The van der Waals surface area contributed by atoms with Crippen LogP contribution in [0.2, 0.25) is 0 Å². The fraction of sp³-hybridized carbons (Fsp3) is 0.500. The van der Waals surface area contributed by atoms with Crippen LogP contribution in [-0.4, -0.2) is 68.8 Å². The molecule has 0 amide bonds. The Balaban J connectivity index is 1.37. The molecule has 216 valence electrons. The van der Waals surface area contributed by atoms with Gasteiger partial charge in [-0.1, -0.05) is 6.07 Å². The fourth-order valence-corrected chi connectivity index (χ4v) is 5.72. The molecule has 4 rings (SSSR count). The molecular formula is C30H42F2N8. The fourth-order valence-electron chi connectivity index (χ4n) is 5.72. The Morgan fingerprint density at radius 3 is 2.65 bits per heavy atom. The molecule has 1 aromatic carbocycles. The van der Waals surface area contributed by atoms with Gasteiger partial charge in [0.2, 0.25) is 0 Å². The molecular weight excluding hydrogens is 510 g/mol. The number of nitrogens with two attached hydrogens (primary N) is 1. The summed E-state index contributed by atoms with van der Waals surface area (Å²) in [6.07, 6.45) is 9.15. The lowest BCUT2D eigenvalue weighted by Gasteiger charge is -2.44. The summed E-state index contributed by atoms with van der Waals surface area (Å²) in [4.78, 5) is 15.2. The number of pyridine rings is 1. The Hall–Kier alpha value is -3.21. The topological polar surface area (TPSA) is 103 Å². The lowest BCUT2D eigenvalue weighted by atomic mass is 9.71. The Morgan fingerprint density at radius 2 is 2.00 bits per heavy atom. The highest BCUT2D eigenvalue weighted by molar-refractivity contribution is 6.11. The van der Waals surface area contributed by atoms with E-state index in [1.54, 1.807) is 6.07 Å². The van der Waals surface area contributed by atoms with Gasteiger partial charge in [-0.05, 0) is 120 Å². The first-order valence-corrected chi connectivity index (χ1v) is 14.1. The largest absolute Gasteiger partial charge is 0.402 e. The van der Waals surface area contributed by atoms with Crippen molar-refractivity contribution in [3.63, 3.8) is 0 Å². The summed E-state index contributed by atoms with van der Waals surface area (Å²) < 4.78 is 29.6. The maximum Gasteiger partial charge on any atom is 0.164 e.